The fourth-order valence-electron chi connectivity index (χ4n) is 1.14. The molecule has 1 aliphatic rings. The largest absolute Gasteiger partial charge is 0.359 e. The average Bonchev–Trinajstić information content (AvgIpc) is 2.44. The zero-order valence-electron chi connectivity index (χ0n) is 6.92. The molecule has 0 N–H and O–H groups in total. The molecule has 1 saturated heterocycles. The number of thiazole rings is 1. The summed E-state index contributed by atoms with van der Waals surface area (Å²) in [5, 5.41) is 3.18. The highest BCUT2D eigenvalue weighted by Crippen LogP contribution is 2.46. The Bertz CT molecular complexity index is 283. The van der Waals surface area contributed by atoms with Gasteiger partial charge in [0.2, 0.25) is 0 Å². The van der Waals surface area contributed by atoms with Crippen LogP contribution >= 0.6 is 11.3 Å². The van der Waals surface area contributed by atoms with Crippen molar-refractivity contribution in [1.29, 1.82) is 0 Å². The van der Waals surface area contributed by atoms with Gasteiger partial charge in [-0.15, -0.1) is 11.3 Å². The van der Waals surface area contributed by atoms with E-state index < -0.39 is 0 Å². The second-order valence-corrected chi connectivity index (χ2v) is 4.02. The van der Waals surface area contributed by atoms with Crippen molar-refractivity contribution in [3.8, 4) is 0 Å². The first-order valence-electron chi connectivity index (χ1n) is 3.73. The van der Waals surface area contributed by atoms with Crippen LogP contribution in [0.5, 0.6) is 0 Å². The quantitative estimate of drug-likeness (QED) is 0.601. The van der Waals surface area contributed by atoms with Crippen molar-refractivity contribution in [2.45, 2.75) is 32.5 Å². The first-order chi connectivity index (χ1) is 5.13. The predicted octanol–water partition coefficient (Wildman–Crippen LogP) is 2.09. The standard InChI is InChI=1S/C8H11NOS/c1-5-4-11-7(9-5)8(3)6(2)10-8/h4,6H,1-3H3. The number of hydrogen-bond donors (Lipinski definition) is 0. The van der Waals surface area contributed by atoms with E-state index in [1.165, 1.54) is 0 Å². The third-order valence-electron chi connectivity index (χ3n) is 2.18. The van der Waals surface area contributed by atoms with Crippen molar-refractivity contribution in [2.24, 2.45) is 0 Å². The number of ether oxygens (including phenoxy) is 1. The lowest BCUT2D eigenvalue weighted by atomic mass is 10.1. The van der Waals surface area contributed by atoms with Gasteiger partial charge in [0.05, 0.1) is 6.10 Å². The minimum Gasteiger partial charge on any atom is -0.359 e. The van der Waals surface area contributed by atoms with Crippen LogP contribution in [-0.2, 0) is 10.3 Å². The molecule has 1 aromatic rings. The van der Waals surface area contributed by atoms with E-state index in [1.54, 1.807) is 11.3 Å². The maximum Gasteiger partial charge on any atom is 0.143 e. The first kappa shape index (κ1) is 7.25. The molecule has 0 saturated carbocycles. The lowest BCUT2D eigenvalue weighted by Crippen LogP contribution is -2.04. The summed E-state index contributed by atoms with van der Waals surface area (Å²) in [5.41, 5.74) is 1.02. The topological polar surface area (TPSA) is 25.4 Å². The Morgan fingerprint density at radius 3 is 2.73 bits per heavy atom. The molecule has 0 aromatic carbocycles. The molecule has 3 heteroatoms. The highest BCUT2D eigenvalue weighted by Gasteiger charge is 2.52. The van der Waals surface area contributed by atoms with Gasteiger partial charge in [0.1, 0.15) is 10.6 Å². The van der Waals surface area contributed by atoms with Crippen LogP contribution in [0.2, 0.25) is 0 Å². The summed E-state index contributed by atoms with van der Waals surface area (Å²) in [4.78, 5) is 4.39. The van der Waals surface area contributed by atoms with Gasteiger partial charge in [-0.3, -0.25) is 0 Å². The Labute approximate surface area is 70.2 Å². The molecular formula is C8H11NOS. The summed E-state index contributed by atoms with van der Waals surface area (Å²) in [6.07, 6.45) is 0.341. The molecule has 0 spiro atoms. The molecule has 1 aliphatic heterocycles. The molecule has 2 atom stereocenters. The van der Waals surface area contributed by atoms with Gasteiger partial charge in [0.25, 0.3) is 0 Å². The molecule has 0 radical (unpaired) electrons. The smallest absolute Gasteiger partial charge is 0.143 e. The van der Waals surface area contributed by atoms with Crippen LogP contribution in [0, 0.1) is 6.92 Å². The Morgan fingerprint density at radius 2 is 2.36 bits per heavy atom. The highest BCUT2D eigenvalue weighted by atomic mass is 32.1. The zero-order chi connectivity index (χ0) is 8.06. The van der Waals surface area contributed by atoms with Crippen LogP contribution < -0.4 is 0 Å². The number of epoxide rings is 1. The van der Waals surface area contributed by atoms with Crippen molar-refractivity contribution >= 4 is 11.3 Å². The Hall–Kier alpha value is -0.410. The maximum atomic E-state index is 5.45. The lowest BCUT2D eigenvalue weighted by molar-refractivity contribution is 0.315. The van der Waals surface area contributed by atoms with Gasteiger partial charge < -0.3 is 4.74 Å². The normalized spacial score (nSPS) is 35.7. The SMILES string of the molecule is Cc1csc(C2(C)OC2C)n1. The fourth-order valence-corrected chi connectivity index (χ4v) is 2.12. The van der Waals surface area contributed by atoms with Gasteiger partial charge in [0.15, 0.2) is 0 Å². The Morgan fingerprint density at radius 1 is 1.73 bits per heavy atom. The molecule has 1 fully saturated rings. The molecule has 2 rings (SSSR count). The molecule has 2 heterocycles. The second kappa shape index (κ2) is 2.05. The monoisotopic (exact) mass is 169 g/mol. The van der Waals surface area contributed by atoms with Gasteiger partial charge >= 0.3 is 0 Å². The van der Waals surface area contributed by atoms with Gasteiger partial charge in [-0.2, -0.15) is 0 Å². The summed E-state index contributed by atoms with van der Waals surface area (Å²) in [5.74, 6) is 0. The second-order valence-electron chi connectivity index (χ2n) is 3.16. The molecule has 11 heavy (non-hydrogen) atoms. The Balaban J connectivity index is 2.31. The van der Waals surface area contributed by atoms with Gasteiger partial charge in [-0.1, -0.05) is 0 Å². The molecule has 60 valence electrons. The molecule has 2 nitrogen and oxygen atoms in total. The van der Waals surface area contributed by atoms with Crippen LogP contribution in [0.3, 0.4) is 0 Å². The molecule has 0 amide bonds. The molecular weight excluding hydrogens is 158 g/mol. The van der Waals surface area contributed by atoms with E-state index in [9.17, 15) is 0 Å². The number of rotatable bonds is 1. The van der Waals surface area contributed by atoms with E-state index in [0.29, 0.717) is 6.10 Å². The maximum absolute atomic E-state index is 5.45. The van der Waals surface area contributed by atoms with E-state index in [-0.39, 0.29) is 5.60 Å². The number of aryl methyl sites for hydroxylation is 1. The van der Waals surface area contributed by atoms with Gasteiger partial charge in [-0.05, 0) is 20.8 Å². The van der Waals surface area contributed by atoms with Crippen molar-refractivity contribution in [3.63, 3.8) is 0 Å². The van der Waals surface area contributed by atoms with Crippen molar-refractivity contribution in [3.05, 3.63) is 16.1 Å². The summed E-state index contributed by atoms with van der Waals surface area (Å²) >= 11 is 1.69. The van der Waals surface area contributed by atoms with E-state index in [0.717, 1.165) is 10.7 Å². The van der Waals surface area contributed by atoms with Crippen LogP contribution in [0.15, 0.2) is 5.38 Å². The van der Waals surface area contributed by atoms with E-state index in [4.69, 9.17) is 4.74 Å². The number of aromatic nitrogens is 1. The van der Waals surface area contributed by atoms with Crippen LogP contribution in [0.25, 0.3) is 0 Å². The first-order valence-corrected chi connectivity index (χ1v) is 4.61. The summed E-state index contributed by atoms with van der Waals surface area (Å²) in [6, 6.07) is 0. The summed E-state index contributed by atoms with van der Waals surface area (Å²) < 4.78 is 5.45. The number of hydrogen-bond acceptors (Lipinski definition) is 3. The molecule has 1 aromatic heterocycles. The van der Waals surface area contributed by atoms with Crippen LogP contribution in [-0.4, -0.2) is 11.1 Å². The molecule has 0 aliphatic carbocycles. The van der Waals surface area contributed by atoms with Crippen molar-refractivity contribution in [2.75, 3.05) is 0 Å². The van der Waals surface area contributed by atoms with Crippen LogP contribution in [0.1, 0.15) is 24.5 Å². The summed E-state index contributed by atoms with van der Waals surface area (Å²) in [7, 11) is 0. The lowest BCUT2D eigenvalue weighted by Gasteiger charge is -1.97. The minimum atomic E-state index is -0.0705. The summed E-state index contributed by atoms with van der Waals surface area (Å²) in [6.45, 7) is 6.18. The van der Waals surface area contributed by atoms with Crippen LogP contribution in [0.4, 0.5) is 0 Å². The van der Waals surface area contributed by atoms with Crippen molar-refractivity contribution < 1.29 is 4.74 Å². The predicted molar refractivity (Wildman–Crippen MR) is 44.8 cm³/mol. The molecule has 0 bridgehead atoms. The highest BCUT2D eigenvalue weighted by molar-refractivity contribution is 7.09. The minimum absolute atomic E-state index is 0.0705. The third-order valence-corrected chi connectivity index (χ3v) is 3.36. The average molecular weight is 169 g/mol. The van der Waals surface area contributed by atoms with E-state index >= 15 is 0 Å². The molecule has 2 unspecified atom stereocenters. The Kier molecular flexibility index (Phi) is 1.35. The van der Waals surface area contributed by atoms with Gasteiger partial charge in [0, 0.05) is 11.1 Å². The zero-order valence-corrected chi connectivity index (χ0v) is 7.73. The van der Waals surface area contributed by atoms with E-state index in [1.807, 2.05) is 6.92 Å². The van der Waals surface area contributed by atoms with E-state index in [2.05, 4.69) is 24.2 Å². The third kappa shape index (κ3) is 0.993. The van der Waals surface area contributed by atoms with Crippen molar-refractivity contribution in [1.82, 2.24) is 4.98 Å². The fraction of sp³-hybridized carbons (Fsp3) is 0.625. The van der Waals surface area contributed by atoms with Gasteiger partial charge in [-0.25, -0.2) is 4.98 Å². The number of nitrogens with zero attached hydrogens (tertiary/aromatic N) is 1.